The molecular weight excluding hydrogens is 426 g/mol. The van der Waals surface area contributed by atoms with E-state index in [0.29, 0.717) is 24.4 Å². The molecule has 1 unspecified atom stereocenters. The molecule has 3 N–H and O–H groups in total. The van der Waals surface area contributed by atoms with Gasteiger partial charge in [-0.15, -0.1) is 0 Å². The maximum absolute atomic E-state index is 12.6. The zero-order valence-electron chi connectivity index (χ0n) is 17.9. The second-order valence-electron chi connectivity index (χ2n) is 7.17. The van der Waals surface area contributed by atoms with E-state index in [1.165, 1.54) is 6.08 Å². The minimum absolute atomic E-state index is 0.0570. The van der Waals surface area contributed by atoms with Gasteiger partial charge >= 0.3 is 0 Å². The van der Waals surface area contributed by atoms with Gasteiger partial charge in [-0.3, -0.25) is 14.9 Å². The number of carbonyl (C=O) groups is 2. The first-order valence-corrected chi connectivity index (χ1v) is 11.0. The van der Waals surface area contributed by atoms with Crippen LogP contribution in [0.15, 0.2) is 54.6 Å². The van der Waals surface area contributed by atoms with Crippen molar-refractivity contribution in [3.05, 3.63) is 65.7 Å². The van der Waals surface area contributed by atoms with E-state index >= 15 is 0 Å². The molecule has 8 heteroatoms. The van der Waals surface area contributed by atoms with Crippen molar-refractivity contribution in [2.75, 3.05) is 25.1 Å². The summed E-state index contributed by atoms with van der Waals surface area (Å²) < 4.78 is 10.9. The van der Waals surface area contributed by atoms with Crippen molar-refractivity contribution in [2.24, 2.45) is 0 Å². The fourth-order valence-corrected chi connectivity index (χ4v) is 3.43. The van der Waals surface area contributed by atoms with Crippen LogP contribution in [0.1, 0.15) is 35.7 Å². The standard InChI is InChI=1S/C24H27N3O4S/c1-2-30-18-12-9-17(10-13-18)11-14-22(28)27-24(32)26-21-8-4-3-7-20(21)23(29)25-16-19-6-5-15-31-19/h3-4,7-14,19H,2,5-6,15-16H2,1H3,(H,25,29)(H2,26,27,28,32)/b14-11+. The highest BCUT2D eigenvalue weighted by Crippen LogP contribution is 2.16. The summed E-state index contributed by atoms with van der Waals surface area (Å²) in [7, 11) is 0. The molecular formula is C24H27N3O4S. The summed E-state index contributed by atoms with van der Waals surface area (Å²) in [6.45, 7) is 3.72. The lowest BCUT2D eigenvalue weighted by molar-refractivity contribution is -0.115. The summed E-state index contributed by atoms with van der Waals surface area (Å²) in [5.74, 6) is 0.169. The van der Waals surface area contributed by atoms with Gasteiger partial charge in [-0.2, -0.15) is 0 Å². The minimum Gasteiger partial charge on any atom is -0.494 e. The SMILES string of the molecule is CCOc1ccc(/C=C/C(=O)NC(=S)Nc2ccccc2C(=O)NCC2CCCO2)cc1. The summed E-state index contributed by atoms with van der Waals surface area (Å²) >= 11 is 5.24. The number of amides is 2. The van der Waals surface area contributed by atoms with E-state index in [-0.39, 0.29) is 23.0 Å². The highest BCUT2D eigenvalue weighted by Gasteiger charge is 2.18. The molecule has 2 amide bonds. The van der Waals surface area contributed by atoms with E-state index in [9.17, 15) is 9.59 Å². The maximum atomic E-state index is 12.6. The van der Waals surface area contributed by atoms with Crippen molar-refractivity contribution in [3.63, 3.8) is 0 Å². The number of para-hydroxylation sites is 1. The quantitative estimate of drug-likeness (QED) is 0.419. The van der Waals surface area contributed by atoms with Gasteiger partial charge in [0.15, 0.2) is 5.11 Å². The van der Waals surface area contributed by atoms with Gasteiger partial charge in [0.05, 0.1) is 24.0 Å². The molecule has 32 heavy (non-hydrogen) atoms. The van der Waals surface area contributed by atoms with E-state index in [4.69, 9.17) is 21.7 Å². The Morgan fingerprint density at radius 2 is 1.97 bits per heavy atom. The number of nitrogens with one attached hydrogen (secondary N) is 3. The van der Waals surface area contributed by atoms with Gasteiger partial charge in [0.25, 0.3) is 5.91 Å². The van der Waals surface area contributed by atoms with Crippen molar-refractivity contribution >= 4 is 40.9 Å². The number of ether oxygens (including phenoxy) is 2. The van der Waals surface area contributed by atoms with E-state index in [1.54, 1.807) is 30.3 Å². The Bertz CT molecular complexity index is 969. The zero-order chi connectivity index (χ0) is 22.8. The molecule has 0 bridgehead atoms. The Morgan fingerprint density at radius 1 is 1.19 bits per heavy atom. The van der Waals surface area contributed by atoms with Crippen LogP contribution in [0.25, 0.3) is 6.08 Å². The summed E-state index contributed by atoms with van der Waals surface area (Å²) in [5, 5.41) is 8.51. The molecule has 168 valence electrons. The highest BCUT2D eigenvalue weighted by atomic mass is 32.1. The third kappa shape index (κ3) is 7.18. The van der Waals surface area contributed by atoms with Gasteiger partial charge in [-0.1, -0.05) is 24.3 Å². The van der Waals surface area contributed by atoms with Crippen LogP contribution in [-0.4, -0.2) is 42.8 Å². The second kappa shape index (κ2) is 12.0. The third-order valence-electron chi connectivity index (χ3n) is 4.79. The monoisotopic (exact) mass is 453 g/mol. The smallest absolute Gasteiger partial charge is 0.253 e. The molecule has 3 rings (SSSR count). The van der Waals surface area contributed by atoms with Crippen LogP contribution < -0.4 is 20.7 Å². The van der Waals surface area contributed by atoms with Gasteiger partial charge in [0.2, 0.25) is 5.91 Å². The lowest BCUT2D eigenvalue weighted by Crippen LogP contribution is -2.35. The molecule has 7 nitrogen and oxygen atoms in total. The number of carbonyl (C=O) groups excluding carboxylic acids is 2. The highest BCUT2D eigenvalue weighted by molar-refractivity contribution is 7.80. The van der Waals surface area contributed by atoms with Crippen LogP contribution in [0.4, 0.5) is 5.69 Å². The summed E-state index contributed by atoms with van der Waals surface area (Å²) in [4.78, 5) is 24.8. The zero-order valence-corrected chi connectivity index (χ0v) is 18.7. The molecule has 1 saturated heterocycles. The molecule has 1 aliphatic rings. The molecule has 0 radical (unpaired) electrons. The van der Waals surface area contributed by atoms with Crippen LogP contribution in [0.5, 0.6) is 5.75 Å². The van der Waals surface area contributed by atoms with Gasteiger partial charge in [0, 0.05) is 19.2 Å². The minimum atomic E-state index is -0.378. The molecule has 0 aliphatic carbocycles. The Balaban J connectivity index is 1.52. The van der Waals surface area contributed by atoms with Crippen molar-refractivity contribution in [2.45, 2.75) is 25.9 Å². The van der Waals surface area contributed by atoms with Crippen LogP contribution in [0.2, 0.25) is 0 Å². The van der Waals surface area contributed by atoms with Crippen molar-refractivity contribution in [3.8, 4) is 5.75 Å². The van der Waals surface area contributed by atoms with Gasteiger partial charge in [-0.25, -0.2) is 0 Å². The first kappa shape index (κ1) is 23.4. The molecule has 2 aromatic carbocycles. The molecule has 0 spiro atoms. The van der Waals surface area contributed by atoms with Crippen LogP contribution in [-0.2, 0) is 9.53 Å². The van der Waals surface area contributed by atoms with E-state index < -0.39 is 0 Å². The van der Waals surface area contributed by atoms with E-state index in [1.807, 2.05) is 31.2 Å². The number of hydrogen-bond acceptors (Lipinski definition) is 5. The summed E-state index contributed by atoms with van der Waals surface area (Å²) in [5.41, 5.74) is 1.81. The van der Waals surface area contributed by atoms with E-state index in [2.05, 4.69) is 16.0 Å². The van der Waals surface area contributed by atoms with Crippen LogP contribution in [0, 0.1) is 0 Å². The van der Waals surface area contributed by atoms with Crippen molar-refractivity contribution in [1.29, 1.82) is 0 Å². The molecule has 1 heterocycles. The number of anilines is 1. The Morgan fingerprint density at radius 3 is 2.69 bits per heavy atom. The fraction of sp³-hybridized carbons (Fsp3) is 0.292. The van der Waals surface area contributed by atoms with Gasteiger partial charge in [-0.05, 0) is 67.9 Å². The molecule has 0 aromatic heterocycles. The Labute approximate surface area is 193 Å². The number of rotatable bonds is 8. The third-order valence-corrected chi connectivity index (χ3v) is 4.99. The van der Waals surface area contributed by atoms with Gasteiger partial charge in [0.1, 0.15) is 5.75 Å². The fourth-order valence-electron chi connectivity index (χ4n) is 3.22. The number of benzene rings is 2. The molecule has 1 aliphatic heterocycles. The van der Waals surface area contributed by atoms with Crippen LogP contribution in [0.3, 0.4) is 0 Å². The number of thiocarbonyl (C=S) groups is 1. The normalized spacial score (nSPS) is 15.3. The lowest BCUT2D eigenvalue weighted by Gasteiger charge is -2.14. The average Bonchev–Trinajstić information content (AvgIpc) is 3.31. The first-order valence-electron chi connectivity index (χ1n) is 10.6. The summed E-state index contributed by atoms with van der Waals surface area (Å²) in [6, 6.07) is 14.4. The maximum Gasteiger partial charge on any atom is 0.253 e. The lowest BCUT2D eigenvalue weighted by atomic mass is 10.1. The number of hydrogen-bond donors (Lipinski definition) is 3. The van der Waals surface area contributed by atoms with Gasteiger partial charge < -0.3 is 20.1 Å². The molecule has 1 fully saturated rings. The predicted molar refractivity (Wildman–Crippen MR) is 129 cm³/mol. The molecule has 1 atom stereocenters. The predicted octanol–water partition coefficient (Wildman–Crippen LogP) is 3.52. The molecule has 2 aromatic rings. The topological polar surface area (TPSA) is 88.7 Å². The second-order valence-corrected chi connectivity index (χ2v) is 7.58. The Kier molecular flexibility index (Phi) is 8.77. The Hall–Kier alpha value is -3.23. The largest absolute Gasteiger partial charge is 0.494 e. The molecule has 0 saturated carbocycles. The summed E-state index contributed by atoms with van der Waals surface area (Å²) in [6.07, 6.45) is 5.09. The van der Waals surface area contributed by atoms with Crippen molar-refractivity contribution in [1.82, 2.24) is 10.6 Å². The van der Waals surface area contributed by atoms with E-state index in [0.717, 1.165) is 30.8 Å². The first-order chi connectivity index (χ1) is 15.5. The van der Waals surface area contributed by atoms with Crippen LogP contribution >= 0.6 is 12.2 Å². The average molecular weight is 454 g/mol. The van der Waals surface area contributed by atoms with Crippen molar-refractivity contribution < 1.29 is 19.1 Å².